The Kier molecular flexibility index (Phi) is 1.55. The van der Waals surface area contributed by atoms with Gasteiger partial charge in [0.1, 0.15) is 0 Å². The van der Waals surface area contributed by atoms with E-state index in [0.29, 0.717) is 0 Å². The first-order valence-electron chi connectivity index (χ1n) is 5.21. The van der Waals surface area contributed by atoms with Gasteiger partial charge in [0.25, 0.3) is 0 Å². The van der Waals surface area contributed by atoms with Crippen molar-refractivity contribution in [3.8, 4) is 0 Å². The van der Waals surface area contributed by atoms with Gasteiger partial charge in [-0.3, -0.25) is 0 Å². The van der Waals surface area contributed by atoms with E-state index < -0.39 is 0 Å². The number of allylic oxidation sites excluding steroid dienone is 8. The molecule has 1 unspecified atom stereocenters. The lowest BCUT2D eigenvalue weighted by molar-refractivity contribution is 0.654. The fourth-order valence-corrected chi connectivity index (χ4v) is 2.72. The molecule has 13 heavy (non-hydrogen) atoms. The molecule has 0 aromatic rings. The summed E-state index contributed by atoms with van der Waals surface area (Å²) in [6, 6.07) is 0. The Labute approximate surface area is 79.3 Å². The zero-order chi connectivity index (χ0) is 8.67. The molecule has 1 atom stereocenters. The van der Waals surface area contributed by atoms with Gasteiger partial charge in [-0.15, -0.1) is 0 Å². The SMILES string of the molecule is C1=CCC2CC3=C(CCC=C3)C2=C1. The Bertz CT molecular complexity index is 350. The molecule has 0 heteroatoms. The maximum absolute atomic E-state index is 2.35. The monoisotopic (exact) mass is 170 g/mol. The molecule has 0 bridgehead atoms. The lowest BCUT2D eigenvalue weighted by Gasteiger charge is -2.15. The van der Waals surface area contributed by atoms with E-state index in [1.165, 1.54) is 25.7 Å². The van der Waals surface area contributed by atoms with E-state index in [1.54, 1.807) is 16.7 Å². The van der Waals surface area contributed by atoms with Gasteiger partial charge in [-0.2, -0.15) is 0 Å². The van der Waals surface area contributed by atoms with Crippen molar-refractivity contribution >= 4 is 0 Å². The van der Waals surface area contributed by atoms with Crippen LogP contribution < -0.4 is 0 Å². The molecule has 0 radical (unpaired) electrons. The molecule has 3 aliphatic carbocycles. The Hall–Kier alpha value is -1.04. The maximum atomic E-state index is 2.35. The summed E-state index contributed by atoms with van der Waals surface area (Å²) in [5.41, 5.74) is 4.92. The molecular formula is C13H14. The highest BCUT2D eigenvalue weighted by Crippen LogP contribution is 2.44. The van der Waals surface area contributed by atoms with Crippen LogP contribution in [0.4, 0.5) is 0 Å². The molecule has 0 saturated carbocycles. The van der Waals surface area contributed by atoms with Crippen molar-refractivity contribution in [1.82, 2.24) is 0 Å². The molecule has 0 aromatic carbocycles. The van der Waals surface area contributed by atoms with Crippen LogP contribution in [0, 0.1) is 5.92 Å². The second kappa shape index (κ2) is 2.73. The van der Waals surface area contributed by atoms with Gasteiger partial charge in [-0.1, -0.05) is 30.4 Å². The van der Waals surface area contributed by atoms with Gasteiger partial charge < -0.3 is 0 Å². The normalized spacial score (nSPS) is 30.2. The van der Waals surface area contributed by atoms with Gasteiger partial charge in [0, 0.05) is 0 Å². The standard InChI is InChI=1S/C13H14/c1-3-7-12-10(5-1)9-11-6-2-4-8-13(11)12/h1-3,6-7,10H,4-5,8-9H2. The van der Waals surface area contributed by atoms with Crippen LogP contribution in [0.2, 0.25) is 0 Å². The maximum Gasteiger partial charge on any atom is -0.00839 e. The molecule has 0 aliphatic heterocycles. The van der Waals surface area contributed by atoms with Crippen LogP contribution in [0.5, 0.6) is 0 Å². The van der Waals surface area contributed by atoms with Gasteiger partial charge in [-0.05, 0) is 48.3 Å². The summed E-state index contributed by atoms with van der Waals surface area (Å²) in [4.78, 5) is 0. The number of hydrogen-bond donors (Lipinski definition) is 0. The smallest absolute Gasteiger partial charge is 0.00839 e. The molecular weight excluding hydrogens is 156 g/mol. The van der Waals surface area contributed by atoms with Crippen LogP contribution in [-0.4, -0.2) is 0 Å². The quantitative estimate of drug-likeness (QED) is 0.521. The first kappa shape index (κ1) is 7.37. The Morgan fingerprint density at radius 3 is 3.23 bits per heavy atom. The van der Waals surface area contributed by atoms with E-state index in [9.17, 15) is 0 Å². The summed E-state index contributed by atoms with van der Waals surface area (Å²) < 4.78 is 0. The minimum Gasteiger partial charge on any atom is -0.0839 e. The third-order valence-corrected chi connectivity index (χ3v) is 3.35. The molecule has 3 rings (SSSR count). The summed E-state index contributed by atoms with van der Waals surface area (Å²) in [6.45, 7) is 0. The largest absolute Gasteiger partial charge is 0.0839 e. The van der Waals surface area contributed by atoms with Crippen molar-refractivity contribution in [1.29, 1.82) is 0 Å². The highest BCUT2D eigenvalue weighted by Gasteiger charge is 2.28. The van der Waals surface area contributed by atoms with Crippen LogP contribution in [-0.2, 0) is 0 Å². The average molecular weight is 170 g/mol. The van der Waals surface area contributed by atoms with Gasteiger partial charge in [-0.25, -0.2) is 0 Å². The fourth-order valence-electron chi connectivity index (χ4n) is 2.72. The van der Waals surface area contributed by atoms with Crippen molar-refractivity contribution in [3.05, 3.63) is 47.1 Å². The molecule has 0 heterocycles. The minimum absolute atomic E-state index is 0.817. The van der Waals surface area contributed by atoms with Crippen LogP contribution >= 0.6 is 0 Å². The van der Waals surface area contributed by atoms with E-state index in [4.69, 9.17) is 0 Å². The molecule has 0 spiro atoms. The van der Waals surface area contributed by atoms with E-state index in [-0.39, 0.29) is 0 Å². The lowest BCUT2D eigenvalue weighted by Crippen LogP contribution is -2.00. The van der Waals surface area contributed by atoms with Crippen molar-refractivity contribution < 1.29 is 0 Å². The molecule has 0 fully saturated rings. The van der Waals surface area contributed by atoms with Gasteiger partial charge in [0.05, 0.1) is 0 Å². The summed E-state index contributed by atoms with van der Waals surface area (Å²) in [5, 5.41) is 0. The van der Waals surface area contributed by atoms with E-state index >= 15 is 0 Å². The second-order valence-electron chi connectivity index (χ2n) is 4.13. The predicted octanol–water partition coefficient (Wildman–Crippen LogP) is 3.54. The lowest BCUT2D eigenvalue weighted by atomic mass is 9.90. The average Bonchev–Trinajstić information content (AvgIpc) is 2.56. The molecule has 66 valence electrons. The van der Waals surface area contributed by atoms with Gasteiger partial charge >= 0.3 is 0 Å². The van der Waals surface area contributed by atoms with Crippen molar-refractivity contribution in [2.75, 3.05) is 0 Å². The van der Waals surface area contributed by atoms with Crippen LogP contribution in [0.1, 0.15) is 25.7 Å². The second-order valence-corrected chi connectivity index (χ2v) is 4.13. The number of hydrogen-bond acceptors (Lipinski definition) is 0. The summed E-state index contributed by atoms with van der Waals surface area (Å²) in [7, 11) is 0. The summed E-state index contributed by atoms with van der Waals surface area (Å²) in [5.74, 6) is 0.817. The Morgan fingerprint density at radius 2 is 2.23 bits per heavy atom. The topological polar surface area (TPSA) is 0 Å². The Balaban J connectivity index is 2.05. The summed E-state index contributed by atoms with van der Waals surface area (Å²) in [6.07, 6.45) is 16.6. The van der Waals surface area contributed by atoms with Crippen LogP contribution in [0.3, 0.4) is 0 Å². The number of fused-ring (bicyclic) bond motifs is 2. The van der Waals surface area contributed by atoms with Gasteiger partial charge in [0.2, 0.25) is 0 Å². The molecule has 3 aliphatic rings. The molecule has 0 nitrogen and oxygen atoms in total. The van der Waals surface area contributed by atoms with E-state index in [1.807, 2.05) is 0 Å². The van der Waals surface area contributed by atoms with Crippen molar-refractivity contribution in [3.63, 3.8) is 0 Å². The fraction of sp³-hybridized carbons (Fsp3) is 0.385. The molecule has 0 N–H and O–H groups in total. The zero-order valence-electron chi connectivity index (χ0n) is 7.79. The first-order chi connectivity index (χ1) is 6.45. The van der Waals surface area contributed by atoms with Crippen molar-refractivity contribution in [2.45, 2.75) is 25.7 Å². The third kappa shape index (κ3) is 1.05. The number of rotatable bonds is 0. The molecule has 0 saturated heterocycles. The van der Waals surface area contributed by atoms with Crippen molar-refractivity contribution in [2.24, 2.45) is 5.92 Å². The summed E-state index contributed by atoms with van der Waals surface area (Å²) >= 11 is 0. The van der Waals surface area contributed by atoms with Crippen LogP contribution in [0.15, 0.2) is 47.1 Å². The van der Waals surface area contributed by atoms with E-state index in [2.05, 4.69) is 30.4 Å². The van der Waals surface area contributed by atoms with E-state index in [0.717, 1.165) is 5.92 Å². The van der Waals surface area contributed by atoms with Gasteiger partial charge in [0.15, 0.2) is 0 Å². The Morgan fingerprint density at radius 1 is 1.23 bits per heavy atom. The minimum atomic E-state index is 0.817. The van der Waals surface area contributed by atoms with Crippen LogP contribution in [0.25, 0.3) is 0 Å². The zero-order valence-corrected chi connectivity index (χ0v) is 7.79. The third-order valence-electron chi connectivity index (χ3n) is 3.35. The highest BCUT2D eigenvalue weighted by molar-refractivity contribution is 5.51. The highest BCUT2D eigenvalue weighted by atomic mass is 14.3. The molecule has 0 aromatic heterocycles. The predicted molar refractivity (Wildman–Crippen MR) is 55.3 cm³/mol. The molecule has 0 amide bonds. The first-order valence-corrected chi connectivity index (χ1v) is 5.21.